The van der Waals surface area contributed by atoms with Gasteiger partial charge in [-0.1, -0.05) is 30.3 Å². The summed E-state index contributed by atoms with van der Waals surface area (Å²) in [6, 6.07) is 11.0. The second-order valence-electron chi connectivity index (χ2n) is 12.7. The average Bonchev–Trinajstić information content (AvgIpc) is 3.60. The molecule has 230 valence electrons. The maximum absolute atomic E-state index is 12.8. The highest BCUT2D eigenvalue weighted by atomic mass is 16.6. The van der Waals surface area contributed by atoms with E-state index in [9.17, 15) is 14.4 Å². The minimum atomic E-state index is -0.579. The van der Waals surface area contributed by atoms with Gasteiger partial charge in [-0.3, -0.25) is 9.78 Å². The lowest BCUT2D eigenvalue weighted by atomic mass is 10.0. The number of ether oxygens (including phenoxy) is 2. The lowest BCUT2D eigenvalue weighted by Gasteiger charge is -2.28. The number of pyridine rings is 1. The van der Waals surface area contributed by atoms with Crippen molar-refractivity contribution in [3.05, 3.63) is 60.3 Å². The monoisotopic (exact) mass is 590 g/mol. The van der Waals surface area contributed by atoms with Crippen LogP contribution in [-0.4, -0.2) is 68.3 Å². The fourth-order valence-corrected chi connectivity index (χ4v) is 4.71. The zero-order chi connectivity index (χ0) is 31.4. The minimum Gasteiger partial charge on any atom is -0.444 e. The molecular formula is C32H42N6O5. The summed E-state index contributed by atoms with van der Waals surface area (Å²) in [6.45, 7) is 13.8. The summed E-state index contributed by atoms with van der Waals surface area (Å²) in [5, 5.41) is 5.70. The lowest BCUT2D eigenvalue weighted by Crippen LogP contribution is -2.45. The van der Waals surface area contributed by atoms with Crippen molar-refractivity contribution in [2.24, 2.45) is 0 Å². The smallest absolute Gasteiger partial charge is 0.410 e. The zero-order valence-corrected chi connectivity index (χ0v) is 26.0. The van der Waals surface area contributed by atoms with Crippen molar-refractivity contribution in [2.45, 2.75) is 84.6 Å². The molecule has 1 fully saturated rings. The van der Waals surface area contributed by atoms with Crippen molar-refractivity contribution in [1.82, 2.24) is 30.5 Å². The zero-order valence-electron chi connectivity index (χ0n) is 26.0. The molecule has 3 heterocycles. The van der Waals surface area contributed by atoms with Crippen LogP contribution in [0.2, 0.25) is 0 Å². The lowest BCUT2D eigenvalue weighted by molar-refractivity contribution is 0.0224. The molecule has 1 saturated heterocycles. The minimum absolute atomic E-state index is 0.105. The Balaban J connectivity index is 1.32. The van der Waals surface area contributed by atoms with Crippen molar-refractivity contribution in [2.75, 3.05) is 13.1 Å². The first-order valence-electron chi connectivity index (χ1n) is 14.6. The van der Waals surface area contributed by atoms with Gasteiger partial charge in [-0.25, -0.2) is 14.6 Å². The Hall–Kier alpha value is -4.41. The van der Waals surface area contributed by atoms with Gasteiger partial charge in [0.1, 0.15) is 22.7 Å². The molecule has 3 amide bonds. The summed E-state index contributed by atoms with van der Waals surface area (Å²) >= 11 is 0. The van der Waals surface area contributed by atoms with Crippen LogP contribution in [0.25, 0.3) is 22.4 Å². The molecule has 2 atom stereocenters. The van der Waals surface area contributed by atoms with Crippen molar-refractivity contribution < 1.29 is 23.9 Å². The maximum Gasteiger partial charge on any atom is 0.410 e. The number of amides is 3. The Morgan fingerprint density at radius 1 is 0.930 bits per heavy atom. The number of alkyl carbamates (subject to hydrolysis) is 1. The van der Waals surface area contributed by atoms with Crippen LogP contribution in [0.5, 0.6) is 0 Å². The number of carbonyl (C=O) groups is 3. The Kier molecular flexibility index (Phi) is 9.42. The van der Waals surface area contributed by atoms with E-state index < -0.39 is 17.3 Å². The van der Waals surface area contributed by atoms with E-state index in [1.807, 2.05) is 78.8 Å². The van der Waals surface area contributed by atoms with Crippen molar-refractivity contribution in [3.8, 4) is 22.4 Å². The quantitative estimate of drug-likeness (QED) is 0.314. The number of imidazole rings is 1. The summed E-state index contributed by atoms with van der Waals surface area (Å²) in [6.07, 6.45) is 4.23. The molecule has 1 aromatic carbocycles. The topological polar surface area (TPSA) is 139 Å². The molecule has 4 rings (SSSR count). The van der Waals surface area contributed by atoms with Crippen molar-refractivity contribution >= 4 is 18.1 Å². The molecule has 11 nitrogen and oxygen atoms in total. The van der Waals surface area contributed by atoms with E-state index in [-0.39, 0.29) is 24.1 Å². The molecule has 11 heteroatoms. The SMILES string of the molecule is CC(NC(=O)OC(C)(C)C)c1ncc(-c2ccc(-c3ccc(C(=O)NCC4CCCN4C(=O)OC(C)(C)C)nc3)cc2)[nH]1. The van der Waals surface area contributed by atoms with Gasteiger partial charge in [-0.15, -0.1) is 0 Å². The second kappa shape index (κ2) is 12.8. The Bertz CT molecular complexity index is 1420. The molecular weight excluding hydrogens is 548 g/mol. The molecule has 0 spiro atoms. The van der Waals surface area contributed by atoms with Crippen molar-refractivity contribution in [1.29, 1.82) is 0 Å². The van der Waals surface area contributed by atoms with E-state index >= 15 is 0 Å². The Labute approximate surface area is 252 Å². The predicted octanol–water partition coefficient (Wildman–Crippen LogP) is 5.85. The summed E-state index contributed by atoms with van der Waals surface area (Å²) in [7, 11) is 0. The standard InChI is InChI=1S/C32H42N6O5/c1-20(36-29(40)42-31(2,3)4)27-34-19-26(37-27)22-12-10-21(11-13-22)23-14-15-25(33-17-23)28(39)35-18-24-9-8-16-38(24)30(41)43-32(5,6)7/h10-15,17,19-20,24H,8-9,16,18H2,1-7H3,(H,34,37)(H,35,39)(H,36,40). The van der Waals surface area contributed by atoms with Gasteiger partial charge in [-0.05, 0) is 78.5 Å². The van der Waals surface area contributed by atoms with Crippen molar-refractivity contribution in [3.63, 3.8) is 0 Å². The van der Waals surface area contributed by atoms with Gasteiger partial charge in [0.2, 0.25) is 0 Å². The number of hydrogen-bond donors (Lipinski definition) is 3. The van der Waals surface area contributed by atoms with Gasteiger partial charge in [0.05, 0.1) is 24.0 Å². The number of aromatic amines is 1. The number of aromatic nitrogens is 3. The van der Waals surface area contributed by atoms with Crippen LogP contribution in [0.3, 0.4) is 0 Å². The van der Waals surface area contributed by atoms with Gasteiger partial charge in [-0.2, -0.15) is 0 Å². The fourth-order valence-electron chi connectivity index (χ4n) is 4.71. The highest BCUT2D eigenvalue weighted by Crippen LogP contribution is 2.25. The third-order valence-corrected chi connectivity index (χ3v) is 6.77. The van der Waals surface area contributed by atoms with Gasteiger partial charge < -0.3 is 30.0 Å². The number of hydrogen-bond acceptors (Lipinski definition) is 7. The number of nitrogens with one attached hydrogen (secondary N) is 3. The van der Waals surface area contributed by atoms with Crippen LogP contribution >= 0.6 is 0 Å². The fraction of sp³-hybridized carbons (Fsp3) is 0.469. The molecule has 1 aliphatic rings. The average molecular weight is 591 g/mol. The molecule has 1 aliphatic heterocycles. The van der Waals surface area contributed by atoms with E-state index in [0.29, 0.717) is 24.6 Å². The van der Waals surface area contributed by atoms with Gasteiger partial charge in [0.15, 0.2) is 0 Å². The summed E-state index contributed by atoms with van der Waals surface area (Å²) < 4.78 is 10.8. The number of H-pyrrole nitrogens is 1. The van der Waals surface area contributed by atoms with Gasteiger partial charge in [0, 0.05) is 24.8 Å². The number of carbonyl (C=O) groups excluding carboxylic acids is 3. The van der Waals surface area contributed by atoms with E-state index in [2.05, 4.69) is 25.6 Å². The van der Waals surface area contributed by atoms with E-state index in [1.165, 1.54) is 0 Å². The van der Waals surface area contributed by atoms with Crippen LogP contribution in [-0.2, 0) is 9.47 Å². The molecule has 2 unspecified atom stereocenters. The molecule has 2 aromatic heterocycles. The second-order valence-corrected chi connectivity index (χ2v) is 12.7. The van der Waals surface area contributed by atoms with Crippen LogP contribution < -0.4 is 10.6 Å². The van der Waals surface area contributed by atoms with Gasteiger partial charge in [0.25, 0.3) is 5.91 Å². The molecule has 0 radical (unpaired) electrons. The van der Waals surface area contributed by atoms with E-state index in [4.69, 9.17) is 9.47 Å². The summed E-state index contributed by atoms with van der Waals surface area (Å²) in [5.74, 6) is 0.330. The Morgan fingerprint density at radius 2 is 1.58 bits per heavy atom. The normalized spacial score (nSPS) is 16.0. The molecule has 0 saturated carbocycles. The van der Waals surface area contributed by atoms with Crippen LogP contribution in [0.4, 0.5) is 9.59 Å². The number of benzene rings is 1. The van der Waals surface area contributed by atoms with E-state index in [1.54, 1.807) is 23.4 Å². The third-order valence-electron chi connectivity index (χ3n) is 6.77. The molecule has 3 N–H and O–H groups in total. The van der Waals surface area contributed by atoms with Gasteiger partial charge >= 0.3 is 12.2 Å². The Morgan fingerprint density at radius 3 is 2.21 bits per heavy atom. The molecule has 3 aromatic rings. The number of likely N-dealkylation sites (tertiary alicyclic amines) is 1. The summed E-state index contributed by atoms with van der Waals surface area (Å²) in [5.41, 5.74) is 2.73. The molecule has 0 aliphatic carbocycles. The first-order valence-corrected chi connectivity index (χ1v) is 14.6. The predicted molar refractivity (Wildman–Crippen MR) is 163 cm³/mol. The first kappa shape index (κ1) is 31.5. The van der Waals surface area contributed by atoms with Crippen LogP contribution in [0.15, 0.2) is 48.8 Å². The van der Waals surface area contributed by atoms with E-state index in [0.717, 1.165) is 35.2 Å². The third kappa shape index (κ3) is 8.79. The highest BCUT2D eigenvalue weighted by molar-refractivity contribution is 5.92. The number of nitrogens with zero attached hydrogens (tertiary/aromatic N) is 3. The van der Waals surface area contributed by atoms with Crippen LogP contribution in [0, 0.1) is 0 Å². The maximum atomic E-state index is 12.8. The molecule has 43 heavy (non-hydrogen) atoms. The summed E-state index contributed by atoms with van der Waals surface area (Å²) in [4.78, 5) is 51.1. The van der Waals surface area contributed by atoms with Crippen LogP contribution in [0.1, 0.15) is 83.7 Å². The number of rotatable bonds is 7. The first-order chi connectivity index (χ1) is 20.2. The molecule has 0 bridgehead atoms. The highest BCUT2D eigenvalue weighted by Gasteiger charge is 2.32. The largest absolute Gasteiger partial charge is 0.444 e.